The zero-order valence-corrected chi connectivity index (χ0v) is 22.0. The molecule has 2 fully saturated rings. The number of carbonyl (C=O) groups excluding carboxylic acids is 1. The first-order valence-corrected chi connectivity index (χ1v) is 13.6. The monoisotopic (exact) mass is 501 g/mol. The summed E-state index contributed by atoms with van der Waals surface area (Å²) in [7, 11) is 0. The summed E-state index contributed by atoms with van der Waals surface area (Å²) in [6.45, 7) is 9.28. The quantitative estimate of drug-likeness (QED) is 0.401. The molecule has 2 aliphatic rings. The largest absolute Gasteiger partial charge is 0.384 e. The fraction of sp³-hybridized carbons (Fsp3) is 0.483. The first-order chi connectivity index (χ1) is 18.0. The molecule has 1 amide bonds. The van der Waals surface area contributed by atoms with Crippen LogP contribution in [-0.2, 0) is 4.79 Å². The number of nitrogens with one attached hydrogen (secondary N) is 3. The van der Waals surface area contributed by atoms with E-state index >= 15 is 0 Å². The van der Waals surface area contributed by atoms with E-state index in [4.69, 9.17) is 5.41 Å². The Hall–Kier alpha value is -3.39. The van der Waals surface area contributed by atoms with Crippen molar-refractivity contribution in [2.75, 3.05) is 49.5 Å². The van der Waals surface area contributed by atoms with Crippen LogP contribution in [0.3, 0.4) is 0 Å². The molecular formula is C29H39N7O. The van der Waals surface area contributed by atoms with Crippen LogP contribution in [0.25, 0.3) is 16.6 Å². The molecule has 196 valence electrons. The van der Waals surface area contributed by atoms with Crippen molar-refractivity contribution in [2.24, 2.45) is 5.92 Å². The molecule has 1 aliphatic carbocycles. The van der Waals surface area contributed by atoms with Gasteiger partial charge in [0.05, 0.1) is 11.2 Å². The number of carbonyl (C=O) groups is 1. The predicted octanol–water partition coefficient (Wildman–Crippen LogP) is 4.27. The van der Waals surface area contributed by atoms with E-state index in [1.54, 1.807) is 0 Å². The average molecular weight is 502 g/mol. The molecule has 0 bridgehead atoms. The van der Waals surface area contributed by atoms with Crippen LogP contribution in [0.2, 0.25) is 0 Å². The van der Waals surface area contributed by atoms with Crippen molar-refractivity contribution in [3.63, 3.8) is 0 Å². The number of hydrogen-bond acceptors (Lipinski definition) is 6. The highest BCUT2D eigenvalue weighted by Gasteiger charge is 2.30. The molecule has 1 aromatic carbocycles. The minimum atomic E-state index is 0.0970. The minimum absolute atomic E-state index is 0.0970. The third kappa shape index (κ3) is 5.96. The number of hydrogen-bond donors (Lipinski definition) is 3. The number of rotatable bonds is 8. The lowest BCUT2D eigenvalue weighted by molar-refractivity contribution is -0.136. The van der Waals surface area contributed by atoms with Gasteiger partial charge in [0.2, 0.25) is 5.91 Å². The highest BCUT2D eigenvalue weighted by atomic mass is 16.2. The van der Waals surface area contributed by atoms with Crippen LogP contribution in [0.15, 0.2) is 48.8 Å². The van der Waals surface area contributed by atoms with Gasteiger partial charge in [-0.3, -0.25) is 4.79 Å². The summed E-state index contributed by atoms with van der Waals surface area (Å²) >= 11 is 0. The molecule has 2 aromatic heterocycles. The molecule has 3 aromatic rings. The summed E-state index contributed by atoms with van der Waals surface area (Å²) in [5.74, 6) is 0.380. The molecule has 1 aliphatic heterocycles. The van der Waals surface area contributed by atoms with Crippen molar-refractivity contribution < 1.29 is 4.79 Å². The Morgan fingerprint density at radius 3 is 2.46 bits per heavy atom. The molecule has 3 heterocycles. The van der Waals surface area contributed by atoms with Gasteiger partial charge in [-0.15, -0.1) is 0 Å². The predicted molar refractivity (Wildman–Crippen MR) is 151 cm³/mol. The minimum Gasteiger partial charge on any atom is -0.384 e. The summed E-state index contributed by atoms with van der Waals surface area (Å²) in [5.41, 5.74) is 6.48. The normalized spacial score (nSPS) is 18.6. The fourth-order valence-electron chi connectivity index (χ4n) is 5.41. The molecule has 37 heavy (non-hydrogen) atoms. The van der Waals surface area contributed by atoms with Crippen LogP contribution in [0.1, 0.15) is 39.5 Å². The molecule has 0 radical (unpaired) electrons. The maximum absolute atomic E-state index is 13.0. The van der Waals surface area contributed by atoms with E-state index in [1.165, 1.54) is 5.56 Å². The van der Waals surface area contributed by atoms with E-state index in [0.717, 1.165) is 93.1 Å². The molecule has 0 spiro atoms. The van der Waals surface area contributed by atoms with E-state index in [2.05, 4.69) is 77.1 Å². The number of anilines is 2. The van der Waals surface area contributed by atoms with Crippen molar-refractivity contribution in [3.8, 4) is 11.1 Å². The summed E-state index contributed by atoms with van der Waals surface area (Å²) in [6, 6.07) is 13.4. The van der Waals surface area contributed by atoms with E-state index in [1.807, 2.05) is 15.6 Å². The Labute approximate surface area is 219 Å². The molecule has 5 rings (SSSR count). The molecule has 1 saturated heterocycles. The summed E-state index contributed by atoms with van der Waals surface area (Å²) in [5, 5.41) is 19.3. The Bertz CT molecular complexity index is 1210. The molecule has 8 nitrogen and oxygen atoms in total. The lowest BCUT2D eigenvalue weighted by atomic mass is 9.87. The second kappa shape index (κ2) is 11.3. The summed E-state index contributed by atoms with van der Waals surface area (Å²) in [6.07, 6.45) is 7.17. The van der Waals surface area contributed by atoms with Crippen molar-refractivity contribution in [1.29, 1.82) is 5.41 Å². The number of amides is 1. The Morgan fingerprint density at radius 1 is 1.03 bits per heavy atom. The van der Waals surface area contributed by atoms with Gasteiger partial charge in [-0.05, 0) is 55.5 Å². The van der Waals surface area contributed by atoms with Crippen LogP contribution in [0.4, 0.5) is 11.4 Å². The van der Waals surface area contributed by atoms with Crippen LogP contribution in [0, 0.1) is 11.3 Å². The molecule has 3 N–H and O–H groups in total. The summed E-state index contributed by atoms with van der Waals surface area (Å²) < 4.78 is 1.96. The fourth-order valence-corrected chi connectivity index (χ4v) is 5.41. The topological polar surface area (TPSA) is 88.8 Å². The van der Waals surface area contributed by atoms with E-state index in [9.17, 15) is 4.79 Å². The first-order valence-electron chi connectivity index (χ1n) is 13.6. The Balaban J connectivity index is 1.22. The average Bonchev–Trinajstić information content (AvgIpc) is 3.36. The third-order valence-corrected chi connectivity index (χ3v) is 7.58. The van der Waals surface area contributed by atoms with Gasteiger partial charge < -0.3 is 25.8 Å². The number of nitrogens with zero attached hydrogens (tertiary/aromatic N) is 4. The van der Waals surface area contributed by atoms with Gasteiger partial charge >= 0.3 is 0 Å². The Kier molecular flexibility index (Phi) is 7.74. The van der Waals surface area contributed by atoms with Crippen molar-refractivity contribution >= 4 is 28.5 Å². The second-order valence-electron chi connectivity index (χ2n) is 10.6. The molecular weight excluding hydrogens is 462 g/mol. The van der Waals surface area contributed by atoms with Crippen LogP contribution in [-0.4, -0.2) is 71.4 Å². The third-order valence-electron chi connectivity index (χ3n) is 7.58. The van der Waals surface area contributed by atoms with E-state index < -0.39 is 0 Å². The molecule has 0 atom stereocenters. The van der Waals surface area contributed by atoms with E-state index in [-0.39, 0.29) is 11.8 Å². The van der Waals surface area contributed by atoms with Gasteiger partial charge in [0.25, 0.3) is 0 Å². The molecule has 0 unspecified atom stereocenters. The zero-order chi connectivity index (χ0) is 25.8. The van der Waals surface area contributed by atoms with Crippen LogP contribution >= 0.6 is 0 Å². The lowest BCUT2D eigenvalue weighted by Crippen LogP contribution is -2.50. The molecule has 1 saturated carbocycles. The van der Waals surface area contributed by atoms with Crippen LogP contribution < -0.4 is 15.5 Å². The van der Waals surface area contributed by atoms with Crippen LogP contribution in [0.5, 0.6) is 0 Å². The number of aromatic nitrogens is 2. The standard InChI is InChI=1S/C29H39N7O/c1-21(2)31-13-14-32-26-9-5-22(6-10-26)24-19-28-27(11-12-33-36(28)20-24)34-15-17-35(18-16-34)29(37)23-3-7-25(30)8-4-23/h5-6,9-12,19-21,23,30-32H,3-4,7-8,13-18H2,1-2H3. The van der Waals surface area contributed by atoms with Crippen molar-refractivity contribution in [1.82, 2.24) is 19.8 Å². The Morgan fingerprint density at radius 2 is 1.76 bits per heavy atom. The van der Waals surface area contributed by atoms with E-state index in [0.29, 0.717) is 6.04 Å². The van der Waals surface area contributed by atoms with Gasteiger partial charge in [0, 0.05) is 80.6 Å². The van der Waals surface area contributed by atoms with Gasteiger partial charge in [-0.25, -0.2) is 4.52 Å². The second-order valence-corrected chi connectivity index (χ2v) is 10.6. The maximum atomic E-state index is 13.0. The highest BCUT2D eigenvalue weighted by molar-refractivity contribution is 5.86. The highest BCUT2D eigenvalue weighted by Crippen LogP contribution is 2.30. The van der Waals surface area contributed by atoms with Gasteiger partial charge in [0.15, 0.2) is 0 Å². The number of benzene rings is 1. The van der Waals surface area contributed by atoms with Crippen molar-refractivity contribution in [3.05, 3.63) is 48.8 Å². The summed E-state index contributed by atoms with van der Waals surface area (Å²) in [4.78, 5) is 17.4. The number of piperazine rings is 1. The smallest absolute Gasteiger partial charge is 0.225 e. The van der Waals surface area contributed by atoms with Gasteiger partial charge in [-0.1, -0.05) is 26.0 Å². The SMILES string of the molecule is CC(C)NCCNc1ccc(-c2cc3c(N4CCN(C(=O)C5CCC(=N)CC5)CC4)ccnn3c2)cc1. The lowest BCUT2D eigenvalue weighted by Gasteiger charge is -2.38. The maximum Gasteiger partial charge on any atom is 0.225 e. The molecule has 8 heteroatoms. The number of fused-ring (bicyclic) bond motifs is 1. The van der Waals surface area contributed by atoms with Gasteiger partial charge in [0.1, 0.15) is 0 Å². The first kappa shape index (κ1) is 25.3. The van der Waals surface area contributed by atoms with Gasteiger partial charge in [-0.2, -0.15) is 5.10 Å². The van der Waals surface area contributed by atoms with Crippen molar-refractivity contribution in [2.45, 2.75) is 45.6 Å². The zero-order valence-electron chi connectivity index (χ0n) is 22.0.